The van der Waals surface area contributed by atoms with Crippen molar-refractivity contribution in [3.8, 4) is 0 Å². The van der Waals surface area contributed by atoms with Crippen molar-refractivity contribution in [3.05, 3.63) is 23.7 Å². The Labute approximate surface area is 103 Å². The summed E-state index contributed by atoms with van der Waals surface area (Å²) in [7, 11) is 0.501. The van der Waals surface area contributed by atoms with Gasteiger partial charge in [0, 0.05) is 28.9 Å². The van der Waals surface area contributed by atoms with Crippen molar-refractivity contribution in [2.24, 2.45) is 0 Å². The second-order valence-corrected chi connectivity index (χ2v) is 5.29. The molecule has 5 nitrogen and oxygen atoms in total. The minimum absolute atomic E-state index is 0.132. The lowest BCUT2D eigenvalue weighted by molar-refractivity contribution is 0.0600. The average Bonchev–Trinajstić information content (AvgIpc) is 2.73. The van der Waals surface area contributed by atoms with Crippen LogP contribution in [0.25, 0.3) is 0 Å². The zero-order valence-electron chi connectivity index (χ0n) is 10.2. The van der Waals surface area contributed by atoms with E-state index in [1.807, 2.05) is 6.92 Å². The Morgan fingerprint density at radius 3 is 2.94 bits per heavy atom. The first-order valence-corrected chi connectivity index (χ1v) is 6.94. The number of esters is 1. The lowest BCUT2D eigenvalue weighted by atomic mass is 10.3. The van der Waals surface area contributed by atoms with E-state index in [1.165, 1.54) is 13.4 Å². The maximum Gasteiger partial charge on any atom is 0.341 e. The fourth-order valence-corrected chi connectivity index (χ4v) is 2.21. The molecule has 1 N–H and O–H groups in total. The topological polar surface area (TPSA) is 68.5 Å². The van der Waals surface area contributed by atoms with Gasteiger partial charge in [0.05, 0.1) is 19.2 Å². The normalized spacial score (nSPS) is 14.3. The van der Waals surface area contributed by atoms with Crippen LogP contribution in [0, 0.1) is 0 Å². The molecule has 0 radical (unpaired) electrons. The van der Waals surface area contributed by atoms with Crippen LogP contribution < -0.4 is 5.32 Å². The molecular formula is C11H17NO4S. The van der Waals surface area contributed by atoms with Crippen LogP contribution in [0.5, 0.6) is 0 Å². The number of furan rings is 1. The number of rotatable bonds is 6. The Morgan fingerprint density at radius 1 is 1.65 bits per heavy atom. The van der Waals surface area contributed by atoms with Gasteiger partial charge in [-0.2, -0.15) is 0 Å². The van der Waals surface area contributed by atoms with Gasteiger partial charge in [-0.15, -0.1) is 0 Å². The number of carbonyl (C=O) groups is 1. The maximum absolute atomic E-state index is 11.2. The van der Waals surface area contributed by atoms with Gasteiger partial charge in [0.1, 0.15) is 12.0 Å². The molecular weight excluding hydrogens is 242 g/mol. The molecule has 0 spiro atoms. The van der Waals surface area contributed by atoms with Crippen LogP contribution in [-0.4, -0.2) is 35.3 Å². The van der Waals surface area contributed by atoms with E-state index in [0.29, 0.717) is 23.6 Å². The van der Waals surface area contributed by atoms with Crippen LogP contribution in [0.1, 0.15) is 23.0 Å². The van der Waals surface area contributed by atoms with Crippen LogP contribution in [0.4, 0.5) is 0 Å². The molecule has 1 aromatic rings. The van der Waals surface area contributed by atoms with E-state index in [1.54, 1.807) is 12.3 Å². The Morgan fingerprint density at radius 2 is 2.35 bits per heavy atom. The monoisotopic (exact) mass is 259 g/mol. The smallest absolute Gasteiger partial charge is 0.341 e. The zero-order chi connectivity index (χ0) is 12.8. The third kappa shape index (κ3) is 4.70. The number of methoxy groups -OCH3 is 1. The van der Waals surface area contributed by atoms with Gasteiger partial charge in [-0.3, -0.25) is 4.21 Å². The number of carbonyl (C=O) groups excluding carboxylic acids is 1. The van der Waals surface area contributed by atoms with Crippen LogP contribution >= 0.6 is 0 Å². The Hall–Kier alpha value is -1.14. The minimum atomic E-state index is -0.824. The van der Waals surface area contributed by atoms with Gasteiger partial charge in [0.2, 0.25) is 0 Å². The second kappa shape index (κ2) is 6.56. The molecule has 2 unspecified atom stereocenters. The standard InChI is InChI=1S/C11H17NO4S/c1-8(7-17(3)14)12-5-10-4-9(6-16-10)11(13)15-2/h4,6,8,12H,5,7H2,1-3H3. The first-order chi connectivity index (χ1) is 8.02. The van der Waals surface area contributed by atoms with E-state index in [2.05, 4.69) is 10.1 Å². The highest BCUT2D eigenvalue weighted by molar-refractivity contribution is 7.84. The number of ether oxygens (including phenoxy) is 1. The predicted octanol–water partition coefficient (Wildman–Crippen LogP) is 0.923. The van der Waals surface area contributed by atoms with Crippen molar-refractivity contribution in [2.45, 2.75) is 19.5 Å². The summed E-state index contributed by atoms with van der Waals surface area (Å²) in [4.78, 5) is 11.2. The van der Waals surface area contributed by atoms with E-state index >= 15 is 0 Å². The molecule has 0 aromatic carbocycles. The van der Waals surface area contributed by atoms with Crippen molar-refractivity contribution in [3.63, 3.8) is 0 Å². The molecule has 1 heterocycles. The SMILES string of the molecule is COC(=O)c1coc(CNC(C)CS(C)=O)c1. The molecule has 0 aliphatic carbocycles. The molecule has 2 atom stereocenters. The molecule has 0 aliphatic rings. The van der Waals surface area contributed by atoms with Crippen molar-refractivity contribution in [1.29, 1.82) is 0 Å². The molecule has 0 saturated carbocycles. The molecule has 6 heteroatoms. The van der Waals surface area contributed by atoms with E-state index in [9.17, 15) is 9.00 Å². The molecule has 0 bridgehead atoms. The molecule has 96 valence electrons. The summed E-state index contributed by atoms with van der Waals surface area (Å²) in [5, 5.41) is 3.16. The lowest BCUT2D eigenvalue weighted by Crippen LogP contribution is -2.30. The van der Waals surface area contributed by atoms with Gasteiger partial charge in [-0.25, -0.2) is 4.79 Å². The number of nitrogens with one attached hydrogen (secondary N) is 1. The Balaban J connectivity index is 2.44. The van der Waals surface area contributed by atoms with Crippen LogP contribution in [0.15, 0.2) is 16.7 Å². The summed E-state index contributed by atoms with van der Waals surface area (Å²) in [6.45, 7) is 2.45. The van der Waals surface area contributed by atoms with E-state index < -0.39 is 16.8 Å². The van der Waals surface area contributed by atoms with E-state index in [-0.39, 0.29) is 6.04 Å². The first-order valence-electron chi connectivity index (χ1n) is 5.22. The van der Waals surface area contributed by atoms with Crippen LogP contribution in [0.3, 0.4) is 0 Å². The van der Waals surface area contributed by atoms with Gasteiger partial charge >= 0.3 is 5.97 Å². The highest BCUT2D eigenvalue weighted by Crippen LogP contribution is 2.08. The van der Waals surface area contributed by atoms with Gasteiger partial charge in [-0.05, 0) is 13.0 Å². The third-order valence-electron chi connectivity index (χ3n) is 2.18. The average molecular weight is 259 g/mol. The number of hydrogen-bond acceptors (Lipinski definition) is 5. The second-order valence-electron chi connectivity index (χ2n) is 3.82. The van der Waals surface area contributed by atoms with Gasteiger partial charge in [0.15, 0.2) is 0 Å². The Kier molecular flexibility index (Phi) is 5.37. The molecule has 17 heavy (non-hydrogen) atoms. The van der Waals surface area contributed by atoms with Crippen molar-refractivity contribution in [1.82, 2.24) is 5.32 Å². The molecule has 0 aliphatic heterocycles. The van der Waals surface area contributed by atoms with E-state index in [4.69, 9.17) is 4.42 Å². The largest absolute Gasteiger partial charge is 0.467 e. The molecule has 1 aromatic heterocycles. The highest BCUT2D eigenvalue weighted by atomic mass is 32.2. The number of hydrogen-bond donors (Lipinski definition) is 1. The summed E-state index contributed by atoms with van der Waals surface area (Å²) in [5.41, 5.74) is 0.399. The van der Waals surface area contributed by atoms with Crippen molar-refractivity contribution < 1.29 is 18.2 Å². The van der Waals surface area contributed by atoms with Gasteiger partial charge < -0.3 is 14.5 Å². The summed E-state index contributed by atoms with van der Waals surface area (Å²) < 4.78 is 20.8. The van der Waals surface area contributed by atoms with E-state index in [0.717, 1.165) is 0 Å². The summed E-state index contributed by atoms with van der Waals surface area (Å²) in [6.07, 6.45) is 3.03. The zero-order valence-corrected chi connectivity index (χ0v) is 11.0. The van der Waals surface area contributed by atoms with Gasteiger partial charge in [0.25, 0.3) is 0 Å². The van der Waals surface area contributed by atoms with Crippen LogP contribution in [0.2, 0.25) is 0 Å². The molecule has 0 amide bonds. The van der Waals surface area contributed by atoms with Gasteiger partial charge in [-0.1, -0.05) is 0 Å². The highest BCUT2D eigenvalue weighted by Gasteiger charge is 2.11. The van der Waals surface area contributed by atoms with Crippen molar-refractivity contribution >= 4 is 16.8 Å². The van der Waals surface area contributed by atoms with Crippen molar-refractivity contribution in [2.75, 3.05) is 19.1 Å². The predicted molar refractivity (Wildman–Crippen MR) is 65.3 cm³/mol. The Bertz CT molecular complexity index is 402. The summed E-state index contributed by atoms with van der Waals surface area (Å²) in [5.74, 6) is 0.826. The summed E-state index contributed by atoms with van der Waals surface area (Å²) in [6, 6.07) is 1.77. The lowest BCUT2D eigenvalue weighted by Gasteiger charge is -2.10. The molecule has 0 saturated heterocycles. The first kappa shape index (κ1) is 13.9. The third-order valence-corrected chi connectivity index (χ3v) is 3.15. The fourth-order valence-electron chi connectivity index (χ4n) is 1.38. The summed E-state index contributed by atoms with van der Waals surface area (Å²) >= 11 is 0. The fraction of sp³-hybridized carbons (Fsp3) is 0.545. The maximum atomic E-state index is 11.2. The van der Waals surface area contributed by atoms with Crippen LogP contribution in [-0.2, 0) is 22.1 Å². The molecule has 1 rings (SSSR count). The minimum Gasteiger partial charge on any atom is -0.467 e. The molecule has 0 fully saturated rings. The quantitative estimate of drug-likeness (QED) is 0.769.